The molecule has 0 unspecified atom stereocenters. The van der Waals surface area contributed by atoms with Gasteiger partial charge in [0.05, 0.1) is 0 Å². The fourth-order valence-corrected chi connectivity index (χ4v) is 3.15. The van der Waals surface area contributed by atoms with Crippen molar-refractivity contribution < 1.29 is 21.4 Å². The molecule has 3 aromatic rings. The number of halogens is 2. The van der Waals surface area contributed by atoms with Crippen molar-refractivity contribution in [2.45, 2.75) is 4.90 Å². The molecule has 0 heterocycles. The average Bonchev–Trinajstić information content (AvgIpc) is 2.58. The molecule has 0 aliphatic heterocycles. The molecule has 24 heavy (non-hydrogen) atoms. The van der Waals surface area contributed by atoms with Crippen LogP contribution in [0, 0.1) is 11.6 Å². The number of benzene rings is 3. The summed E-state index contributed by atoms with van der Waals surface area (Å²) >= 11 is 0. The SMILES string of the molecule is O=S(=O)(Oc1ccccc1-c1ccccc1)c1ccc(F)c(F)c1. The maximum atomic E-state index is 13.3. The van der Waals surface area contributed by atoms with Crippen LogP contribution in [0.15, 0.2) is 77.7 Å². The van der Waals surface area contributed by atoms with Crippen molar-refractivity contribution in [2.75, 3.05) is 0 Å². The Hall–Kier alpha value is -2.73. The fourth-order valence-electron chi connectivity index (χ4n) is 2.19. The highest BCUT2D eigenvalue weighted by molar-refractivity contribution is 7.87. The standard InChI is InChI=1S/C18H12F2O3S/c19-16-11-10-14(12-17(16)20)24(21,22)23-18-9-5-4-8-15(18)13-6-2-1-3-7-13/h1-12H. The van der Waals surface area contributed by atoms with Crippen LogP contribution in [0.2, 0.25) is 0 Å². The Labute approximate surface area is 138 Å². The summed E-state index contributed by atoms with van der Waals surface area (Å²) in [5.74, 6) is -2.27. The zero-order valence-electron chi connectivity index (χ0n) is 12.3. The van der Waals surface area contributed by atoms with Crippen LogP contribution in [-0.2, 0) is 10.1 Å². The van der Waals surface area contributed by atoms with Gasteiger partial charge in [0.25, 0.3) is 0 Å². The van der Waals surface area contributed by atoms with Crippen molar-refractivity contribution in [2.24, 2.45) is 0 Å². The van der Waals surface area contributed by atoms with Crippen LogP contribution in [0.4, 0.5) is 8.78 Å². The summed E-state index contributed by atoms with van der Waals surface area (Å²) < 4.78 is 56.1. The monoisotopic (exact) mass is 346 g/mol. The lowest BCUT2D eigenvalue weighted by Crippen LogP contribution is -2.11. The zero-order valence-corrected chi connectivity index (χ0v) is 13.1. The quantitative estimate of drug-likeness (QED) is 0.658. The zero-order chi connectivity index (χ0) is 17.2. The molecule has 0 spiro atoms. The molecule has 0 amide bonds. The van der Waals surface area contributed by atoms with Gasteiger partial charge in [-0.1, -0.05) is 48.5 Å². The first-order chi connectivity index (χ1) is 11.5. The van der Waals surface area contributed by atoms with Gasteiger partial charge in [0.2, 0.25) is 0 Å². The molecular weight excluding hydrogens is 334 g/mol. The van der Waals surface area contributed by atoms with Crippen molar-refractivity contribution in [1.29, 1.82) is 0 Å². The minimum atomic E-state index is -4.29. The largest absolute Gasteiger partial charge is 0.378 e. The van der Waals surface area contributed by atoms with E-state index in [1.54, 1.807) is 18.2 Å². The van der Waals surface area contributed by atoms with Crippen LogP contribution in [0.5, 0.6) is 5.75 Å². The molecule has 0 fully saturated rings. The molecule has 3 aromatic carbocycles. The second kappa shape index (κ2) is 6.41. The van der Waals surface area contributed by atoms with Gasteiger partial charge in [-0.15, -0.1) is 0 Å². The van der Waals surface area contributed by atoms with Crippen LogP contribution in [0.1, 0.15) is 0 Å². The van der Waals surface area contributed by atoms with Crippen molar-refractivity contribution in [1.82, 2.24) is 0 Å². The van der Waals surface area contributed by atoms with E-state index in [0.29, 0.717) is 11.6 Å². The number of hydrogen-bond donors (Lipinski definition) is 0. The summed E-state index contributed by atoms with van der Waals surface area (Å²) in [4.78, 5) is -0.454. The highest BCUT2D eigenvalue weighted by Crippen LogP contribution is 2.31. The Morgan fingerprint density at radius 3 is 2.12 bits per heavy atom. The summed E-state index contributed by atoms with van der Waals surface area (Å²) in [5.41, 5.74) is 1.35. The highest BCUT2D eigenvalue weighted by Gasteiger charge is 2.20. The van der Waals surface area contributed by atoms with Crippen LogP contribution >= 0.6 is 0 Å². The second-order valence-corrected chi connectivity index (χ2v) is 6.52. The van der Waals surface area contributed by atoms with Crippen molar-refractivity contribution in [3.63, 3.8) is 0 Å². The van der Waals surface area contributed by atoms with Crippen LogP contribution in [0.3, 0.4) is 0 Å². The molecule has 0 aromatic heterocycles. The predicted molar refractivity (Wildman–Crippen MR) is 86.0 cm³/mol. The van der Waals surface area contributed by atoms with E-state index >= 15 is 0 Å². The minimum absolute atomic E-state index is 0.105. The summed E-state index contributed by atoms with van der Waals surface area (Å²) in [6.45, 7) is 0. The van der Waals surface area contributed by atoms with Crippen LogP contribution in [-0.4, -0.2) is 8.42 Å². The van der Waals surface area contributed by atoms with Crippen molar-refractivity contribution in [3.8, 4) is 16.9 Å². The lowest BCUT2D eigenvalue weighted by atomic mass is 10.1. The molecule has 0 N–H and O–H groups in total. The first-order valence-electron chi connectivity index (χ1n) is 7.01. The first-order valence-corrected chi connectivity index (χ1v) is 8.42. The summed E-state index contributed by atoms with van der Waals surface area (Å²) in [6, 6.07) is 18.0. The van der Waals surface area contributed by atoms with E-state index in [-0.39, 0.29) is 5.75 Å². The Kier molecular flexibility index (Phi) is 4.31. The molecule has 0 aliphatic carbocycles. The van der Waals surface area contributed by atoms with Gasteiger partial charge in [-0.25, -0.2) is 8.78 Å². The third-order valence-electron chi connectivity index (χ3n) is 3.35. The molecular formula is C18H12F2O3S. The van der Waals surface area contributed by atoms with Crippen molar-refractivity contribution in [3.05, 3.63) is 84.4 Å². The van der Waals surface area contributed by atoms with Gasteiger partial charge in [0.1, 0.15) is 4.90 Å². The van der Waals surface area contributed by atoms with Crippen LogP contribution < -0.4 is 4.18 Å². The smallest absolute Gasteiger partial charge is 0.339 e. The van der Waals surface area contributed by atoms with E-state index < -0.39 is 26.6 Å². The number of rotatable bonds is 4. The molecule has 0 radical (unpaired) electrons. The van der Waals surface area contributed by atoms with E-state index in [1.807, 2.05) is 30.3 Å². The van der Waals surface area contributed by atoms with Gasteiger partial charge >= 0.3 is 10.1 Å². The first kappa shape index (κ1) is 16.1. The van der Waals surface area contributed by atoms with E-state index in [4.69, 9.17) is 4.18 Å². The Bertz CT molecular complexity index is 971. The molecule has 0 atom stereocenters. The molecule has 0 saturated carbocycles. The maximum absolute atomic E-state index is 13.3. The Morgan fingerprint density at radius 1 is 0.750 bits per heavy atom. The lowest BCUT2D eigenvalue weighted by molar-refractivity contribution is 0.480. The maximum Gasteiger partial charge on any atom is 0.339 e. The fraction of sp³-hybridized carbons (Fsp3) is 0. The van der Waals surface area contributed by atoms with E-state index in [1.165, 1.54) is 6.07 Å². The average molecular weight is 346 g/mol. The molecule has 6 heteroatoms. The predicted octanol–water partition coefficient (Wildman–Crippen LogP) is 4.40. The third-order valence-corrected chi connectivity index (χ3v) is 4.58. The molecule has 3 nitrogen and oxygen atoms in total. The van der Waals surface area contributed by atoms with E-state index in [0.717, 1.165) is 17.7 Å². The highest BCUT2D eigenvalue weighted by atomic mass is 32.2. The minimum Gasteiger partial charge on any atom is -0.378 e. The summed E-state index contributed by atoms with van der Waals surface area (Å²) in [5, 5.41) is 0. The van der Waals surface area contributed by atoms with Gasteiger partial charge < -0.3 is 4.18 Å². The molecule has 0 bridgehead atoms. The topological polar surface area (TPSA) is 43.4 Å². The normalized spacial score (nSPS) is 11.2. The lowest BCUT2D eigenvalue weighted by Gasteiger charge is -2.11. The van der Waals surface area contributed by atoms with Gasteiger partial charge in [-0.3, -0.25) is 0 Å². The molecule has 3 rings (SSSR count). The molecule has 0 saturated heterocycles. The summed E-state index contributed by atoms with van der Waals surface area (Å²) in [6.07, 6.45) is 0. The van der Waals surface area contributed by atoms with E-state index in [9.17, 15) is 17.2 Å². The molecule has 122 valence electrons. The van der Waals surface area contributed by atoms with Crippen LogP contribution in [0.25, 0.3) is 11.1 Å². The van der Waals surface area contributed by atoms with E-state index in [2.05, 4.69) is 0 Å². The number of hydrogen-bond acceptors (Lipinski definition) is 3. The van der Waals surface area contributed by atoms with Gasteiger partial charge in [0, 0.05) is 5.56 Å². The number of para-hydroxylation sites is 1. The van der Waals surface area contributed by atoms with Crippen molar-refractivity contribution >= 4 is 10.1 Å². The Balaban J connectivity index is 2.01. The third kappa shape index (κ3) is 3.28. The second-order valence-electron chi connectivity index (χ2n) is 4.98. The summed E-state index contributed by atoms with van der Waals surface area (Å²) in [7, 11) is -4.29. The Morgan fingerprint density at radius 2 is 1.42 bits per heavy atom. The molecule has 0 aliphatic rings. The van der Waals surface area contributed by atoms with Gasteiger partial charge in [-0.05, 0) is 29.8 Å². The van der Waals surface area contributed by atoms with Gasteiger partial charge in [-0.2, -0.15) is 8.42 Å². The van der Waals surface area contributed by atoms with Gasteiger partial charge in [0.15, 0.2) is 17.4 Å².